The van der Waals surface area contributed by atoms with Gasteiger partial charge in [-0.05, 0) is 24.6 Å². The van der Waals surface area contributed by atoms with Crippen LogP contribution in [0.25, 0.3) is 0 Å². The predicted molar refractivity (Wildman–Crippen MR) is 78.8 cm³/mol. The summed E-state index contributed by atoms with van der Waals surface area (Å²) in [6, 6.07) is 1.28. The van der Waals surface area contributed by atoms with Crippen LogP contribution >= 0.6 is 0 Å². The first kappa shape index (κ1) is 15.4. The third kappa shape index (κ3) is 3.39. The number of halogens is 1. The first-order chi connectivity index (χ1) is 10.2. The van der Waals surface area contributed by atoms with Crippen molar-refractivity contribution in [2.24, 2.45) is 0 Å². The molecule has 0 amide bonds. The number of hydrogen-bond donors (Lipinski definition) is 1. The lowest BCUT2D eigenvalue weighted by Crippen LogP contribution is -2.25. The van der Waals surface area contributed by atoms with E-state index in [1.54, 1.807) is 19.5 Å². The summed E-state index contributed by atoms with van der Waals surface area (Å²) >= 11 is 0. The SMILES string of the molecule is CCCn1ncc(OC)c1C(NCC)c1cncc(F)c1. The van der Waals surface area contributed by atoms with Crippen molar-refractivity contribution in [3.63, 3.8) is 0 Å². The molecule has 2 aromatic rings. The van der Waals surface area contributed by atoms with E-state index >= 15 is 0 Å². The maximum absolute atomic E-state index is 13.5. The van der Waals surface area contributed by atoms with Crippen LogP contribution in [0.1, 0.15) is 37.6 Å². The van der Waals surface area contributed by atoms with Gasteiger partial charge in [0.1, 0.15) is 11.5 Å². The van der Waals surface area contributed by atoms with Crippen molar-refractivity contribution in [3.8, 4) is 5.75 Å². The number of nitrogens with zero attached hydrogens (tertiary/aromatic N) is 3. The zero-order valence-electron chi connectivity index (χ0n) is 12.6. The van der Waals surface area contributed by atoms with Crippen molar-refractivity contribution in [1.82, 2.24) is 20.1 Å². The molecule has 0 fully saturated rings. The number of hydrogen-bond acceptors (Lipinski definition) is 4. The minimum absolute atomic E-state index is 0.206. The van der Waals surface area contributed by atoms with Gasteiger partial charge in [-0.15, -0.1) is 0 Å². The van der Waals surface area contributed by atoms with Crippen molar-refractivity contribution in [2.45, 2.75) is 32.9 Å². The highest BCUT2D eigenvalue weighted by Gasteiger charge is 2.23. The van der Waals surface area contributed by atoms with Gasteiger partial charge < -0.3 is 10.1 Å². The normalized spacial score (nSPS) is 12.4. The van der Waals surface area contributed by atoms with Crippen LogP contribution in [0.5, 0.6) is 5.75 Å². The molecule has 1 unspecified atom stereocenters. The molecule has 0 aliphatic rings. The van der Waals surface area contributed by atoms with Crippen molar-refractivity contribution >= 4 is 0 Å². The van der Waals surface area contributed by atoms with Crippen molar-refractivity contribution in [1.29, 1.82) is 0 Å². The van der Waals surface area contributed by atoms with Crippen LogP contribution in [0.15, 0.2) is 24.7 Å². The molecule has 2 heterocycles. The largest absolute Gasteiger partial charge is 0.493 e. The van der Waals surface area contributed by atoms with E-state index < -0.39 is 0 Å². The second-order valence-electron chi connectivity index (χ2n) is 4.75. The van der Waals surface area contributed by atoms with Crippen LogP contribution < -0.4 is 10.1 Å². The van der Waals surface area contributed by atoms with E-state index in [1.807, 2.05) is 11.6 Å². The summed E-state index contributed by atoms with van der Waals surface area (Å²) in [5, 5.41) is 7.72. The van der Waals surface area contributed by atoms with E-state index in [9.17, 15) is 4.39 Å². The van der Waals surface area contributed by atoms with Crippen molar-refractivity contribution < 1.29 is 9.13 Å². The lowest BCUT2D eigenvalue weighted by atomic mass is 10.0. The molecular formula is C15H21FN4O. The van der Waals surface area contributed by atoms with E-state index in [0.29, 0.717) is 5.75 Å². The Kier molecular flexibility index (Phi) is 5.27. The number of nitrogens with one attached hydrogen (secondary N) is 1. The second kappa shape index (κ2) is 7.17. The fourth-order valence-corrected chi connectivity index (χ4v) is 2.38. The summed E-state index contributed by atoms with van der Waals surface area (Å²) in [6.07, 6.45) is 5.52. The molecule has 5 nitrogen and oxygen atoms in total. The summed E-state index contributed by atoms with van der Waals surface area (Å²) < 4.78 is 20.8. The fourth-order valence-electron chi connectivity index (χ4n) is 2.38. The van der Waals surface area contributed by atoms with Crippen molar-refractivity contribution in [2.75, 3.05) is 13.7 Å². The maximum Gasteiger partial charge on any atom is 0.161 e. The van der Waals surface area contributed by atoms with E-state index in [4.69, 9.17) is 4.74 Å². The molecule has 0 saturated carbocycles. The van der Waals surface area contributed by atoms with E-state index in [0.717, 1.165) is 30.8 Å². The number of aryl methyl sites for hydroxylation is 1. The number of pyridine rings is 1. The topological polar surface area (TPSA) is 52.0 Å². The smallest absolute Gasteiger partial charge is 0.161 e. The van der Waals surface area contributed by atoms with E-state index in [-0.39, 0.29) is 11.9 Å². The van der Waals surface area contributed by atoms with Gasteiger partial charge in [-0.3, -0.25) is 9.67 Å². The van der Waals surface area contributed by atoms with Crippen molar-refractivity contribution in [3.05, 3.63) is 41.7 Å². The van der Waals surface area contributed by atoms with Gasteiger partial charge in [-0.25, -0.2) is 4.39 Å². The standard InChI is InChI=1S/C15H21FN4O/c1-4-6-20-15(13(21-3)10-19-20)14(18-5-2)11-7-12(16)9-17-8-11/h7-10,14,18H,4-6H2,1-3H3. The van der Waals surface area contributed by atoms with Crippen LogP contribution in [0, 0.1) is 5.82 Å². The Hall–Kier alpha value is -1.95. The minimum Gasteiger partial charge on any atom is -0.493 e. The minimum atomic E-state index is -0.351. The molecule has 21 heavy (non-hydrogen) atoms. The molecule has 114 valence electrons. The average molecular weight is 292 g/mol. The third-order valence-corrected chi connectivity index (χ3v) is 3.24. The zero-order valence-corrected chi connectivity index (χ0v) is 12.6. The Bertz CT molecular complexity index is 585. The summed E-state index contributed by atoms with van der Waals surface area (Å²) in [5.74, 6) is 0.342. The van der Waals surface area contributed by atoms with Gasteiger partial charge in [0.15, 0.2) is 5.75 Å². The quantitative estimate of drug-likeness (QED) is 0.852. The van der Waals surface area contributed by atoms with Gasteiger partial charge in [-0.1, -0.05) is 13.8 Å². The fraction of sp³-hybridized carbons (Fsp3) is 0.467. The van der Waals surface area contributed by atoms with Crippen LogP contribution in [0.2, 0.25) is 0 Å². The molecule has 0 bridgehead atoms. The summed E-state index contributed by atoms with van der Waals surface area (Å²) in [7, 11) is 1.61. The zero-order chi connectivity index (χ0) is 15.2. The molecule has 0 aliphatic heterocycles. The Morgan fingerprint density at radius 2 is 2.14 bits per heavy atom. The maximum atomic E-state index is 13.5. The molecular weight excluding hydrogens is 271 g/mol. The monoisotopic (exact) mass is 292 g/mol. The lowest BCUT2D eigenvalue weighted by molar-refractivity contribution is 0.398. The molecule has 0 spiro atoms. The number of methoxy groups -OCH3 is 1. The van der Waals surface area contributed by atoms with Gasteiger partial charge in [0.2, 0.25) is 0 Å². The number of rotatable bonds is 7. The summed E-state index contributed by atoms with van der Waals surface area (Å²) in [6.45, 7) is 5.61. The lowest BCUT2D eigenvalue weighted by Gasteiger charge is -2.20. The molecule has 0 aromatic carbocycles. The first-order valence-corrected chi connectivity index (χ1v) is 7.14. The van der Waals surface area contributed by atoms with Gasteiger partial charge in [0.05, 0.1) is 25.5 Å². The number of aromatic nitrogens is 3. The van der Waals surface area contributed by atoms with Crippen LogP contribution in [0.4, 0.5) is 4.39 Å². The summed E-state index contributed by atoms with van der Waals surface area (Å²) in [5.41, 5.74) is 1.65. The second-order valence-corrected chi connectivity index (χ2v) is 4.75. The molecule has 1 N–H and O–H groups in total. The van der Waals surface area contributed by atoms with Gasteiger partial charge in [0.25, 0.3) is 0 Å². The third-order valence-electron chi connectivity index (χ3n) is 3.24. The molecule has 0 radical (unpaired) electrons. The molecule has 2 rings (SSSR count). The number of ether oxygens (including phenoxy) is 1. The molecule has 1 atom stereocenters. The molecule has 6 heteroatoms. The van der Waals surface area contributed by atoms with Gasteiger partial charge >= 0.3 is 0 Å². The molecule has 2 aromatic heterocycles. The Labute approximate surface area is 124 Å². The summed E-state index contributed by atoms with van der Waals surface area (Å²) in [4.78, 5) is 3.94. The molecule has 0 saturated heterocycles. The van der Waals surface area contributed by atoms with Gasteiger partial charge in [-0.2, -0.15) is 5.10 Å². The van der Waals surface area contributed by atoms with Gasteiger partial charge in [0, 0.05) is 12.7 Å². The predicted octanol–water partition coefficient (Wildman–Crippen LogP) is 2.53. The first-order valence-electron chi connectivity index (χ1n) is 7.14. The highest BCUT2D eigenvalue weighted by atomic mass is 19.1. The van der Waals surface area contributed by atoms with Crippen LogP contribution in [-0.2, 0) is 6.54 Å². The Morgan fingerprint density at radius 1 is 1.33 bits per heavy atom. The highest BCUT2D eigenvalue weighted by Crippen LogP contribution is 2.30. The van der Waals surface area contributed by atoms with Crippen LogP contribution in [-0.4, -0.2) is 28.4 Å². The van der Waals surface area contributed by atoms with Crippen LogP contribution in [0.3, 0.4) is 0 Å². The highest BCUT2D eigenvalue weighted by molar-refractivity contribution is 5.35. The molecule has 0 aliphatic carbocycles. The van der Waals surface area contributed by atoms with E-state index in [2.05, 4.69) is 22.3 Å². The average Bonchev–Trinajstić information content (AvgIpc) is 2.88. The Morgan fingerprint density at radius 3 is 2.76 bits per heavy atom. The Balaban J connectivity index is 2.49. The van der Waals surface area contributed by atoms with E-state index in [1.165, 1.54) is 12.3 Å².